The summed E-state index contributed by atoms with van der Waals surface area (Å²) in [5.41, 5.74) is 0.557. The molecule has 1 aromatic carbocycles. The Morgan fingerprint density at radius 3 is 2.38 bits per heavy atom. The highest BCUT2D eigenvalue weighted by molar-refractivity contribution is 6.02. The highest BCUT2D eigenvalue weighted by atomic mass is 19.1. The van der Waals surface area contributed by atoms with Crippen LogP contribution in [0.25, 0.3) is 0 Å². The number of urea groups is 1. The van der Waals surface area contributed by atoms with Gasteiger partial charge in [0.15, 0.2) is 0 Å². The second-order valence-corrected chi connectivity index (χ2v) is 5.47. The molecule has 1 saturated heterocycles. The zero-order valence-electron chi connectivity index (χ0n) is 12.3. The lowest BCUT2D eigenvalue weighted by atomic mass is 9.98. The molecule has 21 heavy (non-hydrogen) atoms. The quantitative estimate of drug-likeness (QED) is 0.550. The van der Waals surface area contributed by atoms with Crippen LogP contribution in [0.1, 0.15) is 33.1 Å². The van der Waals surface area contributed by atoms with E-state index in [1.807, 2.05) is 13.8 Å². The first-order valence-corrected chi connectivity index (χ1v) is 7.18. The lowest BCUT2D eigenvalue weighted by Gasteiger charge is -2.38. The Kier molecular flexibility index (Phi) is 4.77. The summed E-state index contributed by atoms with van der Waals surface area (Å²) in [4.78, 5) is 14.0. The van der Waals surface area contributed by atoms with Crippen molar-refractivity contribution in [3.63, 3.8) is 0 Å². The molecule has 0 bridgehead atoms. The van der Waals surface area contributed by atoms with Gasteiger partial charge in [-0.25, -0.2) is 9.18 Å². The molecule has 0 radical (unpaired) electrons. The van der Waals surface area contributed by atoms with Crippen LogP contribution in [0.4, 0.5) is 14.9 Å². The number of guanidine groups is 1. The third-order valence-electron chi connectivity index (χ3n) is 3.77. The minimum Gasteiger partial charge on any atom is -0.326 e. The molecule has 2 rings (SSSR count). The van der Waals surface area contributed by atoms with Crippen molar-refractivity contribution in [2.45, 2.75) is 45.2 Å². The maximum absolute atomic E-state index is 12.8. The predicted molar refractivity (Wildman–Crippen MR) is 80.9 cm³/mol. The van der Waals surface area contributed by atoms with Gasteiger partial charge in [0.25, 0.3) is 0 Å². The molecule has 2 atom stereocenters. The molecule has 0 aromatic heterocycles. The second kappa shape index (κ2) is 6.56. The number of nitrogens with zero attached hydrogens (tertiary/aromatic N) is 1. The molecule has 0 spiro atoms. The minimum absolute atomic E-state index is 0.114. The molecule has 1 aliphatic heterocycles. The third kappa shape index (κ3) is 3.93. The molecule has 6 heteroatoms. The van der Waals surface area contributed by atoms with Crippen molar-refractivity contribution in [2.24, 2.45) is 0 Å². The van der Waals surface area contributed by atoms with Crippen LogP contribution in [0.3, 0.4) is 0 Å². The number of carbonyl (C=O) groups is 1. The number of benzene rings is 1. The molecule has 1 aliphatic rings. The van der Waals surface area contributed by atoms with Crippen LogP contribution in [-0.4, -0.2) is 29.0 Å². The molecular formula is C15H21FN4O. The van der Waals surface area contributed by atoms with Gasteiger partial charge in [-0.1, -0.05) is 0 Å². The SMILES string of the molecule is CC1CCCC(C)N1C(=O)NC(=N)Nc1ccc(F)cc1. The van der Waals surface area contributed by atoms with Crippen LogP contribution >= 0.6 is 0 Å². The summed E-state index contributed by atoms with van der Waals surface area (Å²) in [6.45, 7) is 4.04. The average molecular weight is 292 g/mol. The third-order valence-corrected chi connectivity index (χ3v) is 3.77. The lowest BCUT2D eigenvalue weighted by molar-refractivity contribution is 0.127. The van der Waals surface area contributed by atoms with E-state index >= 15 is 0 Å². The van der Waals surface area contributed by atoms with E-state index in [1.54, 1.807) is 4.90 Å². The van der Waals surface area contributed by atoms with E-state index in [0.29, 0.717) is 5.69 Å². The molecule has 3 N–H and O–H groups in total. The summed E-state index contributed by atoms with van der Waals surface area (Å²) in [6.07, 6.45) is 3.09. The molecule has 1 aromatic rings. The Labute approximate surface area is 124 Å². The first-order chi connectivity index (χ1) is 9.97. The molecule has 5 nitrogen and oxygen atoms in total. The van der Waals surface area contributed by atoms with Crippen LogP contribution in [-0.2, 0) is 0 Å². The summed E-state index contributed by atoms with van der Waals surface area (Å²) in [5, 5.41) is 13.1. The Bertz CT molecular complexity index is 507. The Morgan fingerprint density at radius 1 is 1.24 bits per heavy atom. The van der Waals surface area contributed by atoms with Crippen molar-refractivity contribution in [3.8, 4) is 0 Å². The van der Waals surface area contributed by atoms with E-state index in [-0.39, 0.29) is 29.9 Å². The standard InChI is InChI=1S/C15H21FN4O/c1-10-4-3-5-11(2)20(10)15(21)19-14(17)18-13-8-6-12(16)7-9-13/h6-11H,3-5H2,1-2H3,(H3,17,18,19,21). The molecule has 2 amide bonds. The maximum Gasteiger partial charge on any atom is 0.324 e. The Morgan fingerprint density at radius 2 is 1.81 bits per heavy atom. The van der Waals surface area contributed by atoms with Gasteiger partial charge in [-0.3, -0.25) is 10.7 Å². The monoisotopic (exact) mass is 292 g/mol. The fourth-order valence-electron chi connectivity index (χ4n) is 2.70. The number of nitrogens with one attached hydrogen (secondary N) is 3. The average Bonchev–Trinajstić information content (AvgIpc) is 2.41. The number of amides is 2. The molecule has 114 valence electrons. The van der Waals surface area contributed by atoms with Crippen LogP contribution in [0.15, 0.2) is 24.3 Å². The maximum atomic E-state index is 12.8. The van der Waals surface area contributed by atoms with Crippen molar-refractivity contribution < 1.29 is 9.18 Å². The van der Waals surface area contributed by atoms with Crippen molar-refractivity contribution in [1.29, 1.82) is 5.41 Å². The van der Waals surface area contributed by atoms with Gasteiger partial charge >= 0.3 is 6.03 Å². The van der Waals surface area contributed by atoms with E-state index in [1.165, 1.54) is 24.3 Å². The number of hydrogen-bond donors (Lipinski definition) is 3. The number of rotatable bonds is 1. The van der Waals surface area contributed by atoms with Gasteiger partial charge in [0.05, 0.1) is 0 Å². The van der Waals surface area contributed by atoms with Gasteiger partial charge in [0.1, 0.15) is 5.82 Å². The first kappa shape index (κ1) is 15.3. The van der Waals surface area contributed by atoms with Crippen molar-refractivity contribution in [3.05, 3.63) is 30.1 Å². The van der Waals surface area contributed by atoms with Gasteiger partial charge < -0.3 is 10.2 Å². The second-order valence-electron chi connectivity index (χ2n) is 5.47. The summed E-state index contributed by atoms with van der Waals surface area (Å²) < 4.78 is 12.8. The Hall–Kier alpha value is -2.11. The minimum atomic E-state index is -0.341. The van der Waals surface area contributed by atoms with Gasteiger partial charge in [0.2, 0.25) is 5.96 Å². The van der Waals surface area contributed by atoms with Crippen LogP contribution < -0.4 is 10.6 Å². The van der Waals surface area contributed by atoms with Gasteiger partial charge in [-0.15, -0.1) is 0 Å². The van der Waals surface area contributed by atoms with Crippen molar-refractivity contribution in [2.75, 3.05) is 5.32 Å². The molecular weight excluding hydrogens is 271 g/mol. The first-order valence-electron chi connectivity index (χ1n) is 7.18. The number of anilines is 1. The molecule has 0 aliphatic carbocycles. The van der Waals surface area contributed by atoms with Crippen LogP contribution in [0, 0.1) is 11.2 Å². The zero-order chi connectivity index (χ0) is 15.4. The molecule has 1 heterocycles. The normalized spacial score (nSPS) is 21.8. The number of piperidine rings is 1. The zero-order valence-corrected chi connectivity index (χ0v) is 12.3. The van der Waals surface area contributed by atoms with E-state index in [9.17, 15) is 9.18 Å². The largest absolute Gasteiger partial charge is 0.326 e. The van der Waals surface area contributed by atoms with Gasteiger partial charge in [0, 0.05) is 17.8 Å². The number of hydrogen-bond acceptors (Lipinski definition) is 2. The van der Waals surface area contributed by atoms with E-state index in [4.69, 9.17) is 5.41 Å². The van der Waals surface area contributed by atoms with Gasteiger partial charge in [-0.2, -0.15) is 0 Å². The van der Waals surface area contributed by atoms with Gasteiger partial charge in [-0.05, 0) is 57.4 Å². The summed E-state index contributed by atoms with van der Waals surface area (Å²) in [5.74, 6) is -0.455. The highest BCUT2D eigenvalue weighted by Crippen LogP contribution is 2.22. The van der Waals surface area contributed by atoms with Crippen LogP contribution in [0.5, 0.6) is 0 Å². The number of carbonyl (C=O) groups excluding carboxylic acids is 1. The van der Waals surface area contributed by atoms with E-state index in [2.05, 4.69) is 10.6 Å². The molecule has 1 fully saturated rings. The molecule has 2 unspecified atom stereocenters. The summed E-state index contributed by atoms with van der Waals surface area (Å²) in [6, 6.07) is 5.71. The van der Waals surface area contributed by atoms with Crippen LogP contribution in [0.2, 0.25) is 0 Å². The highest BCUT2D eigenvalue weighted by Gasteiger charge is 2.29. The Balaban J connectivity index is 1.92. The van der Waals surface area contributed by atoms with Crippen molar-refractivity contribution in [1.82, 2.24) is 10.2 Å². The fraction of sp³-hybridized carbons (Fsp3) is 0.467. The lowest BCUT2D eigenvalue weighted by Crippen LogP contribution is -2.53. The molecule has 0 saturated carbocycles. The number of halogens is 1. The summed E-state index contributed by atoms with van der Waals surface area (Å²) >= 11 is 0. The smallest absolute Gasteiger partial charge is 0.324 e. The topological polar surface area (TPSA) is 68.2 Å². The number of likely N-dealkylation sites (tertiary alicyclic amines) is 1. The van der Waals surface area contributed by atoms with E-state index in [0.717, 1.165) is 19.3 Å². The van der Waals surface area contributed by atoms with Crippen molar-refractivity contribution >= 4 is 17.7 Å². The predicted octanol–water partition coefficient (Wildman–Crippen LogP) is 3.14. The fourth-order valence-corrected chi connectivity index (χ4v) is 2.70. The van der Waals surface area contributed by atoms with E-state index < -0.39 is 0 Å². The summed E-state index contributed by atoms with van der Waals surface area (Å²) in [7, 11) is 0.